The van der Waals surface area contributed by atoms with Crippen LogP contribution in [0.3, 0.4) is 0 Å². The molecule has 82 valence electrons. The van der Waals surface area contributed by atoms with Gasteiger partial charge in [0.1, 0.15) is 10.4 Å². The summed E-state index contributed by atoms with van der Waals surface area (Å²) >= 11 is 1.16. The normalized spacial score (nSPS) is 10.2. The van der Waals surface area contributed by atoms with Crippen LogP contribution in [-0.4, -0.2) is 21.8 Å². The fourth-order valence-corrected chi connectivity index (χ4v) is 2.14. The fourth-order valence-electron chi connectivity index (χ4n) is 1.34. The third-order valence-electron chi connectivity index (χ3n) is 2.03. The van der Waals surface area contributed by atoms with E-state index in [4.69, 9.17) is 11.2 Å². The van der Waals surface area contributed by atoms with Crippen molar-refractivity contribution in [1.29, 1.82) is 0 Å². The second kappa shape index (κ2) is 3.87. The lowest BCUT2D eigenvalue weighted by Gasteiger charge is -2.01. The zero-order valence-corrected chi connectivity index (χ0v) is 9.24. The van der Waals surface area contributed by atoms with Gasteiger partial charge in [-0.25, -0.2) is 0 Å². The molecule has 2 aromatic heterocycles. The minimum Gasteiger partial charge on any atom is -0.506 e. The van der Waals surface area contributed by atoms with E-state index in [1.165, 1.54) is 11.7 Å². The summed E-state index contributed by atoms with van der Waals surface area (Å²) in [6, 6.07) is 1.12. The molecule has 2 heterocycles. The number of terminal acetylenes is 1. The third-order valence-corrected chi connectivity index (χ3v) is 3.06. The van der Waals surface area contributed by atoms with Gasteiger partial charge in [-0.15, -0.1) is 6.42 Å². The molecule has 0 spiro atoms. The predicted molar refractivity (Wildman–Crippen MR) is 60.9 cm³/mol. The quantitative estimate of drug-likeness (QED) is 0.783. The van der Waals surface area contributed by atoms with E-state index in [-0.39, 0.29) is 17.9 Å². The smallest absolute Gasteiger partial charge is 0.275 e. The molecule has 0 amide bonds. The maximum absolute atomic E-state index is 11.6. The number of aromatic hydroxyl groups is 1. The highest BCUT2D eigenvalue weighted by Gasteiger charge is 2.13. The number of methoxy groups -OCH3 is 1. The van der Waals surface area contributed by atoms with Gasteiger partial charge in [0, 0.05) is 6.07 Å². The molecule has 0 bridgehead atoms. The van der Waals surface area contributed by atoms with Crippen LogP contribution < -0.4 is 10.3 Å². The van der Waals surface area contributed by atoms with Crippen LogP contribution in [0.25, 0.3) is 10.3 Å². The molecule has 0 saturated carbocycles. The second-order valence-electron chi connectivity index (χ2n) is 2.99. The van der Waals surface area contributed by atoms with Crippen LogP contribution in [0, 0.1) is 12.3 Å². The summed E-state index contributed by atoms with van der Waals surface area (Å²) < 4.78 is 6.76. The lowest BCUT2D eigenvalue weighted by molar-refractivity contribution is 0.412. The Morgan fingerprint density at radius 2 is 2.50 bits per heavy atom. The number of rotatable bonds is 2. The van der Waals surface area contributed by atoms with E-state index >= 15 is 0 Å². The Kier molecular flexibility index (Phi) is 2.54. The number of pyridine rings is 1. The summed E-state index contributed by atoms with van der Waals surface area (Å²) in [5.74, 6) is 2.27. The van der Waals surface area contributed by atoms with E-state index in [0.717, 1.165) is 17.4 Å². The molecule has 0 atom stereocenters. The average molecular weight is 236 g/mol. The van der Waals surface area contributed by atoms with Gasteiger partial charge in [-0.1, -0.05) is 17.3 Å². The van der Waals surface area contributed by atoms with Gasteiger partial charge < -0.3 is 9.84 Å². The molecule has 2 rings (SSSR count). The molecule has 16 heavy (non-hydrogen) atoms. The molecule has 0 aliphatic carbocycles. The summed E-state index contributed by atoms with van der Waals surface area (Å²) in [5, 5.41) is 9.98. The summed E-state index contributed by atoms with van der Waals surface area (Å²) in [7, 11) is 1.47. The van der Waals surface area contributed by atoms with Crippen molar-refractivity contribution < 1.29 is 9.84 Å². The molecule has 5 nitrogen and oxygen atoms in total. The van der Waals surface area contributed by atoms with Gasteiger partial charge in [-0.2, -0.15) is 4.98 Å². The second-order valence-corrected chi connectivity index (χ2v) is 3.96. The SMILES string of the molecule is C#CCn1c(=O)cc(O)c2sc(OC)nc21. The molecule has 0 aromatic carbocycles. The Balaban J connectivity index is 2.83. The van der Waals surface area contributed by atoms with E-state index in [9.17, 15) is 9.90 Å². The van der Waals surface area contributed by atoms with E-state index in [0.29, 0.717) is 15.5 Å². The summed E-state index contributed by atoms with van der Waals surface area (Å²) in [6.45, 7) is 0.114. The number of nitrogens with zero attached hydrogens (tertiary/aromatic N) is 2. The molecule has 0 aliphatic heterocycles. The van der Waals surface area contributed by atoms with Crippen LogP contribution in [0.1, 0.15) is 0 Å². The fraction of sp³-hybridized carbons (Fsp3) is 0.200. The average Bonchev–Trinajstić information content (AvgIpc) is 2.68. The van der Waals surface area contributed by atoms with Gasteiger partial charge >= 0.3 is 0 Å². The Morgan fingerprint density at radius 1 is 1.75 bits per heavy atom. The lowest BCUT2D eigenvalue weighted by Crippen LogP contribution is -2.18. The van der Waals surface area contributed by atoms with Crippen molar-refractivity contribution in [3.63, 3.8) is 0 Å². The van der Waals surface area contributed by atoms with Crippen LogP contribution >= 0.6 is 11.3 Å². The van der Waals surface area contributed by atoms with Gasteiger partial charge in [0.25, 0.3) is 10.8 Å². The maximum Gasteiger partial charge on any atom is 0.275 e. The van der Waals surface area contributed by atoms with E-state index in [1.54, 1.807) is 0 Å². The molecule has 2 aromatic rings. The largest absolute Gasteiger partial charge is 0.506 e. The molecular formula is C10H8N2O3S. The van der Waals surface area contributed by atoms with Crippen LogP contribution in [0.5, 0.6) is 10.9 Å². The molecule has 0 aliphatic rings. The van der Waals surface area contributed by atoms with Gasteiger partial charge in [0.15, 0.2) is 5.65 Å². The first-order chi connectivity index (χ1) is 7.67. The lowest BCUT2D eigenvalue weighted by atomic mass is 10.4. The third kappa shape index (κ3) is 1.51. The molecule has 0 fully saturated rings. The van der Waals surface area contributed by atoms with Crippen molar-refractivity contribution in [2.45, 2.75) is 6.54 Å². The Labute approximate surface area is 94.9 Å². The number of hydrogen-bond donors (Lipinski definition) is 1. The highest BCUT2D eigenvalue weighted by Crippen LogP contribution is 2.32. The summed E-state index contributed by atoms with van der Waals surface area (Å²) in [5.41, 5.74) is -0.0271. The first-order valence-corrected chi connectivity index (χ1v) is 5.20. The van der Waals surface area contributed by atoms with Crippen LogP contribution in [0.4, 0.5) is 0 Å². The molecule has 0 saturated heterocycles. The van der Waals surface area contributed by atoms with Crippen molar-refractivity contribution in [2.75, 3.05) is 7.11 Å². The van der Waals surface area contributed by atoms with E-state index < -0.39 is 0 Å². The van der Waals surface area contributed by atoms with E-state index in [2.05, 4.69) is 10.9 Å². The minimum absolute atomic E-state index is 0.103. The molecule has 6 heteroatoms. The molecule has 1 N–H and O–H groups in total. The Bertz CT molecular complexity index is 636. The van der Waals surface area contributed by atoms with Crippen LogP contribution in [0.2, 0.25) is 0 Å². The first kappa shape index (κ1) is 10.5. The van der Waals surface area contributed by atoms with Crippen molar-refractivity contribution in [2.24, 2.45) is 0 Å². The van der Waals surface area contributed by atoms with Crippen molar-refractivity contribution in [1.82, 2.24) is 9.55 Å². The van der Waals surface area contributed by atoms with Gasteiger partial charge in [-0.05, 0) is 0 Å². The number of thiazole rings is 1. The summed E-state index contributed by atoms with van der Waals surface area (Å²) in [6.07, 6.45) is 5.17. The van der Waals surface area contributed by atoms with Gasteiger partial charge in [0.05, 0.1) is 13.7 Å². The van der Waals surface area contributed by atoms with Crippen LogP contribution in [0.15, 0.2) is 10.9 Å². The van der Waals surface area contributed by atoms with Crippen molar-refractivity contribution in [3.8, 4) is 23.3 Å². The highest BCUT2D eigenvalue weighted by molar-refractivity contribution is 7.20. The van der Waals surface area contributed by atoms with E-state index in [1.807, 2.05) is 0 Å². The number of fused-ring (bicyclic) bond motifs is 1. The zero-order chi connectivity index (χ0) is 11.7. The zero-order valence-electron chi connectivity index (χ0n) is 8.43. The topological polar surface area (TPSA) is 64.4 Å². The monoisotopic (exact) mass is 236 g/mol. The standard InChI is InChI=1S/C10H8N2O3S/c1-3-4-12-7(14)5-6(13)8-9(12)11-10(15-2)16-8/h1,5,13H,4H2,2H3. The Hall–Kier alpha value is -2.00. The summed E-state index contributed by atoms with van der Waals surface area (Å²) in [4.78, 5) is 15.6. The first-order valence-electron chi connectivity index (χ1n) is 4.38. The highest BCUT2D eigenvalue weighted by atomic mass is 32.1. The predicted octanol–water partition coefficient (Wildman–Crippen LogP) is 0.805. The minimum atomic E-state index is -0.379. The number of hydrogen-bond acceptors (Lipinski definition) is 5. The number of aromatic nitrogens is 2. The maximum atomic E-state index is 11.6. The van der Waals surface area contributed by atoms with Gasteiger partial charge in [-0.3, -0.25) is 9.36 Å². The molecular weight excluding hydrogens is 228 g/mol. The molecule has 0 radical (unpaired) electrons. The van der Waals surface area contributed by atoms with Crippen LogP contribution in [-0.2, 0) is 6.54 Å². The van der Waals surface area contributed by atoms with Crippen molar-refractivity contribution >= 4 is 21.7 Å². The van der Waals surface area contributed by atoms with Crippen molar-refractivity contribution in [3.05, 3.63) is 16.4 Å². The van der Waals surface area contributed by atoms with Gasteiger partial charge in [0.2, 0.25) is 0 Å². The molecule has 0 unspecified atom stereocenters. The Morgan fingerprint density at radius 3 is 3.12 bits per heavy atom. The number of ether oxygens (including phenoxy) is 1.